The molecule has 2 amide bonds. The minimum atomic E-state index is -3.72. The van der Waals surface area contributed by atoms with Crippen molar-refractivity contribution in [2.24, 2.45) is 0 Å². The molecule has 0 bridgehead atoms. The first-order valence-electron chi connectivity index (χ1n) is 9.23. The number of amides is 2. The average molecular weight is 428 g/mol. The van der Waals surface area contributed by atoms with E-state index in [-0.39, 0.29) is 47.8 Å². The summed E-state index contributed by atoms with van der Waals surface area (Å²) in [6, 6.07) is 4.27. The van der Waals surface area contributed by atoms with E-state index in [0.29, 0.717) is 12.2 Å². The number of hydrogen-bond acceptors (Lipinski definition) is 5. The molecule has 7 nitrogen and oxygen atoms in total. The number of carbonyl (C=O) groups is 2. The standard InChI is InChI=1S/C18H22FN3O4S2/c1-18-7-6-16(23)22(18)15(12-27-18)17(24)20-8-10-21(11-9-20)28(25,26)14-4-2-13(19)3-5-14/h2-5,15H,6-12H2,1H3/t15-,18-/m1/s1. The summed E-state index contributed by atoms with van der Waals surface area (Å²) in [5, 5.41) is 0. The molecule has 0 aromatic heterocycles. The molecular weight excluding hydrogens is 405 g/mol. The van der Waals surface area contributed by atoms with E-state index >= 15 is 0 Å². The molecule has 3 aliphatic heterocycles. The third kappa shape index (κ3) is 3.21. The van der Waals surface area contributed by atoms with Crippen molar-refractivity contribution in [3.63, 3.8) is 0 Å². The van der Waals surface area contributed by atoms with Crippen molar-refractivity contribution < 1.29 is 22.4 Å². The number of thioether (sulfide) groups is 1. The SMILES string of the molecule is C[C@@]12CCC(=O)N1[C@@H](C(=O)N1CCN(S(=O)(=O)c3ccc(F)cc3)CC1)CS2. The molecule has 152 valence electrons. The Morgan fingerprint density at radius 3 is 2.46 bits per heavy atom. The molecule has 0 radical (unpaired) electrons. The lowest BCUT2D eigenvalue weighted by Gasteiger charge is -2.37. The summed E-state index contributed by atoms with van der Waals surface area (Å²) in [5.41, 5.74) is 0. The summed E-state index contributed by atoms with van der Waals surface area (Å²) in [6.07, 6.45) is 1.22. The predicted molar refractivity (Wildman–Crippen MR) is 102 cm³/mol. The molecule has 1 aromatic carbocycles. The largest absolute Gasteiger partial charge is 0.338 e. The van der Waals surface area contributed by atoms with E-state index in [9.17, 15) is 22.4 Å². The van der Waals surface area contributed by atoms with Crippen LogP contribution < -0.4 is 0 Å². The van der Waals surface area contributed by atoms with Gasteiger partial charge in [-0.25, -0.2) is 12.8 Å². The quantitative estimate of drug-likeness (QED) is 0.722. The van der Waals surface area contributed by atoms with Crippen LogP contribution in [0.5, 0.6) is 0 Å². The number of benzene rings is 1. The van der Waals surface area contributed by atoms with Gasteiger partial charge in [-0.05, 0) is 37.6 Å². The summed E-state index contributed by atoms with van der Waals surface area (Å²) in [6.45, 7) is 2.91. The van der Waals surface area contributed by atoms with Gasteiger partial charge in [-0.15, -0.1) is 11.8 Å². The van der Waals surface area contributed by atoms with Crippen LogP contribution in [0.15, 0.2) is 29.2 Å². The highest BCUT2D eigenvalue weighted by Gasteiger charge is 2.53. The minimum Gasteiger partial charge on any atom is -0.338 e. The van der Waals surface area contributed by atoms with E-state index in [2.05, 4.69) is 0 Å². The van der Waals surface area contributed by atoms with Gasteiger partial charge in [0.15, 0.2) is 0 Å². The van der Waals surface area contributed by atoms with E-state index in [1.807, 2.05) is 6.92 Å². The third-order valence-electron chi connectivity index (χ3n) is 5.73. The number of carbonyl (C=O) groups excluding carboxylic acids is 2. The average Bonchev–Trinajstić information content (AvgIpc) is 3.17. The number of nitrogens with zero attached hydrogens (tertiary/aromatic N) is 3. The first-order chi connectivity index (χ1) is 13.2. The van der Waals surface area contributed by atoms with Crippen LogP contribution in [0.3, 0.4) is 0 Å². The molecule has 0 aliphatic carbocycles. The second kappa shape index (κ2) is 7.00. The number of halogens is 1. The van der Waals surface area contributed by atoms with Crippen LogP contribution in [0.1, 0.15) is 19.8 Å². The molecule has 3 heterocycles. The summed E-state index contributed by atoms with van der Waals surface area (Å²) in [4.78, 5) is 28.4. The number of hydrogen-bond donors (Lipinski definition) is 0. The Kier molecular flexibility index (Phi) is 4.91. The fourth-order valence-corrected chi connectivity index (χ4v) is 6.96. The monoisotopic (exact) mass is 427 g/mol. The Labute approximate surface area is 167 Å². The molecule has 0 N–H and O–H groups in total. The summed E-state index contributed by atoms with van der Waals surface area (Å²) in [5.74, 6) is -0.00393. The van der Waals surface area contributed by atoms with Gasteiger partial charge in [0.25, 0.3) is 0 Å². The fourth-order valence-electron chi connectivity index (χ4n) is 4.12. The van der Waals surface area contributed by atoms with Crippen LogP contribution in [0.2, 0.25) is 0 Å². The van der Waals surface area contributed by atoms with Crippen LogP contribution in [0, 0.1) is 5.82 Å². The second-order valence-corrected chi connectivity index (χ2v) is 10.9. The number of piperazine rings is 1. The highest BCUT2D eigenvalue weighted by molar-refractivity contribution is 8.01. The lowest BCUT2D eigenvalue weighted by atomic mass is 10.2. The molecule has 4 rings (SSSR count). The Morgan fingerprint density at radius 1 is 1.18 bits per heavy atom. The van der Waals surface area contributed by atoms with Crippen molar-refractivity contribution in [3.8, 4) is 0 Å². The van der Waals surface area contributed by atoms with Crippen LogP contribution in [0.4, 0.5) is 4.39 Å². The van der Waals surface area contributed by atoms with Gasteiger partial charge in [0.1, 0.15) is 11.9 Å². The van der Waals surface area contributed by atoms with E-state index in [1.165, 1.54) is 16.4 Å². The lowest BCUT2D eigenvalue weighted by molar-refractivity contribution is -0.144. The summed E-state index contributed by atoms with van der Waals surface area (Å²) in [7, 11) is -3.72. The van der Waals surface area contributed by atoms with Crippen molar-refractivity contribution in [2.75, 3.05) is 31.9 Å². The van der Waals surface area contributed by atoms with Gasteiger partial charge in [0.2, 0.25) is 21.8 Å². The van der Waals surface area contributed by atoms with Gasteiger partial charge in [-0.2, -0.15) is 4.31 Å². The van der Waals surface area contributed by atoms with Crippen LogP contribution in [-0.2, 0) is 19.6 Å². The molecular formula is C18H22FN3O4S2. The molecule has 0 saturated carbocycles. The van der Waals surface area contributed by atoms with E-state index in [1.54, 1.807) is 21.6 Å². The van der Waals surface area contributed by atoms with Crippen molar-refractivity contribution in [1.82, 2.24) is 14.1 Å². The van der Waals surface area contributed by atoms with Crippen molar-refractivity contribution >= 4 is 33.6 Å². The van der Waals surface area contributed by atoms with Crippen LogP contribution >= 0.6 is 11.8 Å². The van der Waals surface area contributed by atoms with Gasteiger partial charge >= 0.3 is 0 Å². The van der Waals surface area contributed by atoms with E-state index in [4.69, 9.17) is 0 Å². The second-order valence-electron chi connectivity index (χ2n) is 7.45. The Morgan fingerprint density at radius 2 is 1.82 bits per heavy atom. The lowest BCUT2D eigenvalue weighted by Crippen LogP contribution is -2.56. The molecule has 2 atom stereocenters. The highest BCUT2D eigenvalue weighted by Crippen LogP contribution is 2.47. The molecule has 3 aliphatic rings. The predicted octanol–water partition coefficient (Wildman–Crippen LogP) is 1.11. The summed E-state index contributed by atoms with van der Waals surface area (Å²) < 4.78 is 39.8. The van der Waals surface area contributed by atoms with Gasteiger partial charge < -0.3 is 9.80 Å². The van der Waals surface area contributed by atoms with E-state index < -0.39 is 21.9 Å². The maximum Gasteiger partial charge on any atom is 0.246 e. The van der Waals surface area contributed by atoms with Gasteiger partial charge in [0, 0.05) is 38.4 Å². The maximum absolute atomic E-state index is 13.1. The topological polar surface area (TPSA) is 78.0 Å². The first-order valence-corrected chi connectivity index (χ1v) is 11.7. The minimum absolute atomic E-state index is 0.0170. The maximum atomic E-state index is 13.1. The molecule has 3 saturated heterocycles. The van der Waals surface area contributed by atoms with Gasteiger partial charge in [0.05, 0.1) is 9.77 Å². The zero-order valence-corrected chi connectivity index (χ0v) is 17.1. The van der Waals surface area contributed by atoms with Gasteiger partial charge in [-0.3, -0.25) is 9.59 Å². The highest BCUT2D eigenvalue weighted by atomic mass is 32.2. The van der Waals surface area contributed by atoms with Crippen LogP contribution in [0.25, 0.3) is 0 Å². The zero-order chi connectivity index (χ0) is 20.1. The Balaban J connectivity index is 1.42. The summed E-state index contributed by atoms with van der Waals surface area (Å²) >= 11 is 1.64. The van der Waals surface area contributed by atoms with Crippen molar-refractivity contribution in [1.29, 1.82) is 0 Å². The van der Waals surface area contributed by atoms with Crippen molar-refractivity contribution in [3.05, 3.63) is 30.1 Å². The molecule has 10 heteroatoms. The molecule has 0 unspecified atom stereocenters. The number of rotatable bonds is 3. The molecule has 0 spiro atoms. The molecule has 1 aromatic rings. The third-order valence-corrected chi connectivity index (χ3v) is 9.15. The van der Waals surface area contributed by atoms with Gasteiger partial charge in [-0.1, -0.05) is 0 Å². The Hall–Kier alpha value is -1.65. The molecule has 28 heavy (non-hydrogen) atoms. The first kappa shape index (κ1) is 19.7. The smallest absolute Gasteiger partial charge is 0.246 e. The zero-order valence-electron chi connectivity index (χ0n) is 15.5. The normalized spacial score (nSPS) is 28.6. The fraction of sp³-hybridized carbons (Fsp3) is 0.556. The van der Waals surface area contributed by atoms with Crippen LogP contribution in [-0.4, -0.2) is 77.2 Å². The van der Waals surface area contributed by atoms with E-state index in [0.717, 1.165) is 18.6 Å². The molecule has 3 fully saturated rings. The Bertz CT molecular complexity index is 900. The number of fused-ring (bicyclic) bond motifs is 1. The number of sulfonamides is 1. The van der Waals surface area contributed by atoms with Crippen molar-refractivity contribution in [2.45, 2.75) is 35.6 Å².